The maximum atomic E-state index is 16.0. The molecule has 3 heterocycles. The first-order valence-corrected chi connectivity index (χ1v) is 14.0. The summed E-state index contributed by atoms with van der Waals surface area (Å²) in [6.45, 7) is 6.88. The zero-order valence-corrected chi connectivity index (χ0v) is 25.0. The van der Waals surface area contributed by atoms with Crippen molar-refractivity contribution >= 4 is 16.8 Å². The highest BCUT2D eigenvalue weighted by atomic mass is 19.3. The highest BCUT2D eigenvalue weighted by Gasteiger charge is 2.54. The first-order chi connectivity index (χ1) is 20.6. The topological polar surface area (TPSA) is 108 Å². The first-order valence-electron chi connectivity index (χ1n) is 14.0. The summed E-state index contributed by atoms with van der Waals surface area (Å²) in [4.78, 5) is 21.2. The van der Waals surface area contributed by atoms with Gasteiger partial charge in [-0.15, -0.1) is 0 Å². The van der Waals surface area contributed by atoms with Gasteiger partial charge in [0, 0.05) is 46.1 Å². The second kappa shape index (κ2) is 11.1. The van der Waals surface area contributed by atoms with Crippen molar-refractivity contribution in [2.24, 2.45) is 11.1 Å². The molecule has 1 aliphatic rings. The minimum Gasteiger partial charge on any atom is -0.494 e. The van der Waals surface area contributed by atoms with Gasteiger partial charge in [0.1, 0.15) is 28.4 Å². The number of rotatable bonds is 8. The Labute approximate surface area is 252 Å². The smallest absolute Gasteiger partial charge is 0.265 e. The molecular weight excluding hydrogens is 578 g/mol. The van der Waals surface area contributed by atoms with E-state index in [1.165, 1.54) is 69.5 Å². The Hall–Kier alpha value is -4.09. The van der Waals surface area contributed by atoms with Gasteiger partial charge < -0.3 is 20.3 Å². The van der Waals surface area contributed by atoms with Crippen LogP contribution in [-0.4, -0.2) is 34.7 Å². The molecule has 2 aromatic carbocycles. The van der Waals surface area contributed by atoms with Crippen LogP contribution in [0.3, 0.4) is 0 Å². The molecule has 3 N–H and O–H groups in total. The molecule has 1 aliphatic heterocycles. The lowest BCUT2D eigenvalue weighted by Gasteiger charge is -2.40. The Balaban J connectivity index is 1.79. The van der Waals surface area contributed by atoms with E-state index in [2.05, 4.69) is 9.97 Å². The number of aliphatic hydroxyl groups is 1. The highest BCUT2D eigenvalue weighted by molar-refractivity contribution is 5.99. The number of nitrogens with two attached hydrogens (primary N) is 1. The number of aromatic nitrogens is 2. The number of hydrogen-bond donors (Lipinski definition) is 2. The van der Waals surface area contributed by atoms with Gasteiger partial charge in [0.05, 0.1) is 24.1 Å². The molecule has 0 spiro atoms. The van der Waals surface area contributed by atoms with E-state index in [0.717, 1.165) is 0 Å². The lowest BCUT2D eigenvalue weighted by atomic mass is 9.69. The summed E-state index contributed by atoms with van der Waals surface area (Å²) >= 11 is 0. The van der Waals surface area contributed by atoms with Crippen molar-refractivity contribution in [1.82, 2.24) is 9.97 Å². The van der Waals surface area contributed by atoms with Crippen LogP contribution in [0, 0.1) is 17.0 Å². The van der Waals surface area contributed by atoms with E-state index in [-0.39, 0.29) is 63.5 Å². The average Bonchev–Trinajstić information content (AvgIpc) is 3.25. The summed E-state index contributed by atoms with van der Waals surface area (Å²) < 4.78 is 70.9. The summed E-state index contributed by atoms with van der Waals surface area (Å²) in [5.41, 5.74) is 1.78. The van der Waals surface area contributed by atoms with Crippen LogP contribution in [0.5, 0.6) is 5.75 Å². The van der Waals surface area contributed by atoms with Crippen LogP contribution in [0.4, 0.5) is 17.6 Å². The van der Waals surface area contributed by atoms with Gasteiger partial charge in [-0.2, -0.15) is 0 Å². The van der Waals surface area contributed by atoms with E-state index < -0.39 is 46.1 Å². The van der Waals surface area contributed by atoms with E-state index in [4.69, 9.17) is 15.2 Å². The normalized spacial score (nSPS) is 18.2. The largest absolute Gasteiger partial charge is 0.494 e. The summed E-state index contributed by atoms with van der Waals surface area (Å²) in [5.74, 6) is -1.91. The molecule has 5 rings (SSSR count). The molecule has 1 unspecified atom stereocenters. The number of primary amides is 1. The molecule has 1 saturated heterocycles. The van der Waals surface area contributed by atoms with Gasteiger partial charge in [-0.3, -0.25) is 4.79 Å². The van der Waals surface area contributed by atoms with Gasteiger partial charge in [-0.1, -0.05) is 13.8 Å². The minimum absolute atomic E-state index is 0.00753. The molecule has 0 saturated carbocycles. The van der Waals surface area contributed by atoms with Gasteiger partial charge in [-0.05, 0) is 68.8 Å². The number of hydrogen-bond acceptors (Lipinski definition) is 6. The molecule has 7 nitrogen and oxygen atoms in total. The lowest BCUT2D eigenvalue weighted by Crippen LogP contribution is -2.42. The second-order valence-corrected chi connectivity index (χ2v) is 12.2. The molecule has 0 bridgehead atoms. The number of carbonyl (C=O) groups excluding carboxylic acids is 1. The summed E-state index contributed by atoms with van der Waals surface area (Å²) in [5, 5.41) is 11.2. The van der Waals surface area contributed by atoms with Crippen molar-refractivity contribution in [1.29, 1.82) is 0 Å². The molecule has 44 heavy (non-hydrogen) atoms. The molecule has 1 amide bonds. The van der Waals surface area contributed by atoms with Gasteiger partial charge in [0.2, 0.25) is 5.91 Å². The molecule has 0 aliphatic carbocycles. The molecule has 1 fully saturated rings. The standard InChI is InChI=1S/C33H33F4N3O4/c1-31(2)10-11-44-33(31,25-15-22(32(3,4)42)26(35)28(40-25)17-6-8-20(34)9-7-17)16-23-21(29(36)37)13-18-12-19(30(38)41)14-24(43-5)27(18)39-23/h6-9,12-15,29,42H,10-11,16H2,1-5H3,(H2,38,41). The van der Waals surface area contributed by atoms with E-state index >= 15 is 4.39 Å². The minimum atomic E-state index is -2.95. The third kappa shape index (κ3) is 5.39. The monoisotopic (exact) mass is 611 g/mol. The third-order valence-corrected chi connectivity index (χ3v) is 8.47. The predicted molar refractivity (Wildman–Crippen MR) is 156 cm³/mol. The van der Waals surface area contributed by atoms with Crippen molar-refractivity contribution < 1.29 is 36.9 Å². The van der Waals surface area contributed by atoms with Crippen LogP contribution < -0.4 is 10.5 Å². The molecule has 0 radical (unpaired) electrons. The zero-order chi connectivity index (χ0) is 32.2. The number of ether oxygens (including phenoxy) is 2. The maximum absolute atomic E-state index is 16.0. The number of carbonyl (C=O) groups is 1. The Bertz CT molecular complexity index is 1750. The zero-order valence-electron chi connectivity index (χ0n) is 25.0. The number of halogens is 4. The van der Waals surface area contributed by atoms with E-state index in [1.54, 1.807) is 0 Å². The summed E-state index contributed by atoms with van der Waals surface area (Å²) in [7, 11) is 1.37. The van der Waals surface area contributed by atoms with E-state index in [9.17, 15) is 23.1 Å². The number of pyridine rings is 2. The third-order valence-electron chi connectivity index (χ3n) is 8.47. The van der Waals surface area contributed by atoms with Crippen molar-refractivity contribution in [3.05, 3.63) is 88.2 Å². The van der Waals surface area contributed by atoms with Crippen LogP contribution in [0.25, 0.3) is 22.2 Å². The molecule has 11 heteroatoms. The molecule has 1 atom stereocenters. The number of methoxy groups -OCH3 is 1. The fourth-order valence-electron chi connectivity index (χ4n) is 5.83. The quantitative estimate of drug-likeness (QED) is 0.214. The fraction of sp³-hybridized carbons (Fsp3) is 0.364. The SMILES string of the molecule is COc1cc(C(N)=O)cc2cc(C(F)F)c(CC3(c4cc(C(C)(C)O)c(F)c(-c5ccc(F)cc5)n4)OCCC3(C)C)nc12. The van der Waals surface area contributed by atoms with Crippen molar-refractivity contribution in [3.8, 4) is 17.0 Å². The second-order valence-electron chi connectivity index (χ2n) is 12.2. The van der Waals surface area contributed by atoms with Crippen LogP contribution in [0.2, 0.25) is 0 Å². The van der Waals surface area contributed by atoms with Crippen molar-refractivity contribution in [2.75, 3.05) is 13.7 Å². The molecule has 4 aromatic rings. The van der Waals surface area contributed by atoms with Crippen LogP contribution in [0.1, 0.15) is 73.4 Å². The van der Waals surface area contributed by atoms with Crippen molar-refractivity contribution in [3.63, 3.8) is 0 Å². The first kappa shape index (κ1) is 31.3. The van der Waals surface area contributed by atoms with Gasteiger partial charge >= 0.3 is 0 Å². The average molecular weight is 612 g/mol. The fourth-order valence-corrected chi connectivity index (χ4v) is 5.83. The predicted octanol–water partition coefficient (Wildman–Crippen LogP) is 6.73. The van der Waals surface area contributed by atoms with E-state index in [0.29, 0.717) is 6.42 Å². The molecule has 2 aromatic heterocycles. The van der Waals surface area contributed by atoms with Gasteiger partial charge in [-0.25, -0.2) is 27.5 Å². The Morgan fingerprint density at radius 1 is 1.11 bits per heavy atom. The summed E-state index contributed by atoms with van der Waals surface area (Å²) in [6, 6.07) is 10.5. The number of benzene rings is 2. The number of alkyl halides is 2. The van der Waals surface area contributed by atoms with Crippen LogP contribution in [-0.2, 0) is 22.4 Å². The Morgan fingerprint density at radius 2 is 1.80 bits per heavy atom. The van der Waals surface area contributed by atoms with Crippen LogP contribution in [0.15, 0.2) is 48.5 Å². The molecular formula is C33H33F4N3O4. The molecule has 232 valence electrons. The van der Waals surface area contributed by atoms with E-state index in [1.807, 2.05) is 13.8 Å². The van der Waals surface area contributed by atoms with Gasteiger partial charge in [0.15, 0.2) is 5.82 Å². The van der Waals surface area contributed by atoms with Crippen molar-refractivity contribution in [2.45, 2.75) is 58.2 Å². The van der Waals surface area contributed by atoms with Crippen LogP contribution >= 0.6 is 0 Å². The maximum Gasteiger partial charge on any atom is 0.265 e. The Morgan fingerprint density at radius 3 is 2.34 bits per heavy atom. The summed E-state index contributed by atoms with van der Waals surface area (Å²) in [6.07, 6.45) is -2.63. The van der Waals surface area contributed by atoms with Gasteiger partial charge in [0.25, 0.3) is 6.43 Å². The Kier molecular flexibility index (Phi) is 7.92. The highest BCUT2D eigenvalue weighted by Crippen LogP contribution is 2.53. The lowest BCUT2D eigenvalue weighted by molar-refractivity contribution is -0.0617. The number of nitrogens with zero attached hydrogens (tertiary/aromatic N) is 2. The number of amides is 1. The number of fused-ring (bicyclic) bond motifs is 1.